The van der Waals surface area contributed by atoms with Crippen LogP contribution in [0.5, 0.6) is 0 Å². The van der Waals surface area contributed by atoms with Gasteiger partial charge in [-0.1, -0.05) is 11.6 Å². The number of hydrogen-bond acceptors (Lipinski definition) is 3. The molecule has 3 N–H and O–H groups in total. The first-order valence-electron chi connectivity index (χ1n) is 5.88. The van der Waals surface area contributed by atoms with Gasteiger partial charge in [0.15, 0.2) is 0 Å². The molecule has 0 spiro atoms. The standard InChI is InChI=1S/C13H11BrClF3N2S/c14-10-1-2-21-12(10)11(6-19)20-9-4-7(13(16,17)18)3-8(15)5-9/h1-5,11,20H,6,19H2. The molecular weight excluding hydrogens is 389 g/mol. The average molecular weight is 400 g/mol. The van der Waals surface area contributed by atoms with E-state index in [9.17, 15) is 13.2 Å². The molecule has 0 bridgehead atoms. The Morgan fingerprint density at radius 2 is 2.05 bits per heavy atom. The summed E-state index contributed by atoms with van der Waals surface area (Å²) in [5.41, 5.74) is 5.20. The summed E-state index contributed by atoms with van der Waals surface area (Å²) < 4.78 is 39.2. The van der Waals surface area contributed by atoms with E-state index in [0.717, 1.165) is 21.5 Å². The highest BCUT2D eigenvalue weighted by Gasteiger charge is 2.31. The molecule has 8 heteroatoms. The van der Waals surface area contributed by atoms with Crippen LogP contribution in [0.3, 0.4) is 0 Å². The molecular formula is C13H11BrClF3N2S. The molecule has 2 rings (SSSR count). The maximum atomic E-state index is 12.8. The number of nitrogens with two attached hydrogens (primary N) is 1. The van der Waals surface area contributed by atoms with Gasteiger partial charge in [0.25, 0.3) is 0 Å². The maximum absolute atomic E-state index is 12.8. The molecule has 2 aromatic rings. The molecule has 114 valence electrons. The average Bonchev–Trinajstić information content (AvgIpc) is 2.80. The van der Waals surface area contributed by atoms with Crippen LogP contribution in [0.2, 0.25) is 5.02 Å². The highest BCUT2D eigenvalue weighted by atomic mass is 79.9. The number of alkyl halides is 3. The highest BCUT2D eigenvalue weighted by molar-refractivity contribution is 9.10. The molecule has 21 heavy (non-hydrogen) atoms. The second-order valence-corrected chi connectivity index (χ2v) is 6.53. The largest absolute Gasteiger partial charge is 0.416 e. The smallest absolute Gasteiger partial charge is 0.376 e. The number of anilines is 1. The first-order chi connectivity index (χ1) is 9.81. The van der Waals surface area contributed by atoms with Crippen molar-refractivity contribution in [2.24, 2.45) is 5.73 Å². The zero-order valence-corrected chi connectivity index (χ0v) is 13.7. The van der Waals surface area contributed by atoms with Crippen molar-refractivity contribution in [3.63, 3.8) is 0 Å². The zero-order valence-electron chi connectivity index (χ0n) is 10.5. The summed E-state index contributed by atoms with van der Waals surface area (Å²) in [6.45, 7) is 0.243. The van der Waals surface area contributed by atoms with Crippen LogP contribution >= 0.6 is 38.9 Å². The monoisotopic (exact) mass is 398 g/mol. The van der Waals surface area contributed by atoms with E-state index < -0.39 is 11.7 Å². The van der Waals surface area contributed by atoms with E-state index in [1.165, 1.54) is 17.4 Å². The van der Waals surface area contributed by atoms with Gasteiger partial charge in [0, 0.05) is 26.6 Å². The molecule has 1 atom stereocenters. The van der Waals surface area contributed by atoms with Crippen LogP contribution < -0.4 is 11.1 Å². The summed E-state index contributed by atoms with van der Waals surface area (Å²) in [4.78, 5) is 0.922. The van der Waals surface area contributed by atoms with Gasteiger partial charge in [0.05, 0.1) is 11.6 Å². The van der Waals surface area contributed by atoms with Crippen molar-refractivity contribution in [1.82, 2.24) is 0 Å². The maximum Gasteiger partial charge on any atom is 0.416 e. The quantitative estimate of drug-likeness (QED) is 0.732. The fourth-order valence-electron chi connectivity index (χ4n) is 1.82. The normalized spacial score (nSPS) is 13.2. The molecule has 0 saturated carbocycles. The summed E-state index contributed by atoms with van der Waals surface area (Å²) in [5, 5.41) is 4.90. The summed E-state index contributed by atoms with van der Waals surface area (Å²) in [7, 11) is 0. The van der Waals surface area contributed by atoms with Gasteiger partial charge in [-0.05, 0) is 45.6 Å². The third-order valence-electron chi connectivity index (χ3n) is 2.76. The topological polar surface area (TPSA) is 38.0 Å². The van der Waals surface area contributed by atoms with Crippen molar-refractivity contribution in [3.8, 4) is 0 Å². The molecule has 0 radical (unpaired) electrons. The molecule has 0 fully saturated rings. The lowest BCUT2D eigenvalue weighted by atomic mass is 10.1. The first-order valence-corrected chi connectivity index (χ1v) is 7.93. The molecule has 2 nitrogen and oxygen atoms in total. The van der Waals surface area contributed by atoms with Gasteiger partial charge >= 0.3 is 6.18 Å². The molecule has 1 aromatic heterocycles. The Labute approximate surface area is 137 Å². The summed E-state index contributed by atoms with van der Waals surface area (Å²) in [5.74, 6) is 0. The van der Waals surface area contributed by atoms with E-state index in [0.29, 0.717) is 0 Å². The fourth-order valence-corrected chi connectivity index (χ4v) is 3.77. The Morgan fingerprint density at radius 1 is 1.33 bits per heavy atom. The second kappa shape index (κ2) is 6.56. The molecule has 1 aromatic carbocycles. The summed E-state index contributed by atoms with van der Waals surface area (Å²) >= 11 is 10.6. The van der Waals surface area contributed by atoms with Crippen LogP contribution in [0.4, 0.5) is 18.9 Å². The molecule has 0 saturated heterocycles. The number of nitrogens with one attached hydrogen (secondary N) is 1. The Balaban J connectivity index is 2.30. The lowest BCUT2D eigenvalue weighted by Crippen LogP contribution is -2.20. The van der Waals surface area contributed by atoms with Gasteiger partial charge in [-0.25, -0.2) is 0 Å². The SMILES string of the molecule is NCC(Nc1cc(Cl)cc(C(F)(F)F)c1)c1sccc1Br. The molecule has 0 aliphatic heterocycles. The van der Waals surface area contributed by atoms with Gasteiger partial charge in [-0.3, -0.25) is 0 Å². The van der Waals surface area contributed by atoms with Crippen LogP contribution in [-0.4, -0.2) is 6.54 Å². The molecule has 0 aliphatic carbocycles. The van der Waals surface area contributed by atoms with Crippen molar-refractivity contribution in [1.29, 1.82) is 0 Å². The lowest BCUT2D eigenvalue weighted by molar-refractivity contribution is -0.137. The van der Waals surface area contributed by atoms with E-state index >= 15 is 0 Å². The van der Waals surface area contributed by atoms with Gasteiger partial charge in [-0.15, -0.1) is 11.3 Å². The van der Waals surface area contributed by atoms with Crippen LogP contribution in [0.15, 0.2) is 34.1 Å². The molecule has 0 aliphatic rings. The Morgan fingerprint density at radius 3 is 2.57 bits per heavy atom. The third-order valence-corrected chi connectivity index (χ3v) is 4.97. The molecule has 1 heterocycles. The first kappa shape index (κ1) is 16.6. The minimum Gasteiger partial charge on any atom is -0.376 e. The number of benzene rings is 1. The van der Waals surface area contributed by atoms with Gasteiger partial charge < -0.3 is 11.1 Å². The zero-order chi connectivity index (χ0) is 15.6. The van der Waals surface area contributed by atoms with Crippen molar-refractivity contribution < 1.29 is 13.2 Å². The lowest BCUT2D eigenvalue weighted by Gasteiger charge is -2.19. The van der Waals surface area contributed by atoms with Crippen molar-refractivity contribution in [2.45, 2.75) is 12.2 Å². The van der Waals surface area contributed by atoms with E-state index in [-0.39, 0.29) is 23.3 Å². The van der Waals surface area contributed by atoms with Gasteiger partial charge in [-0.2, -0.15) is 13.2 Å². The van der Waals surface area contributed by atoms with E-state index in [4.69, 9.17) is 17.3 Å². The Kier molecular flexibility index (Phi) is 5.19. The third kappa shape index (κ3) is 4.12. The number of thiophene rings is 1. The van der Waals surface area contributed by atoms with Gasteiger partial charge in [0.1, 0.15) is 0 Å². The van der Waals surface area contributed by atoms with Crippen LogP contribution in [0.1, 0.15) is 16.5 Å². The molecule has 0 amide bonds. The summed E-state index contributed by atoms with van der Waals surface area (Å²) in [6, 6.07) is 4.94. The minimum atomic E-state index is -4.44. The van der Waals surface area contributed by atoms with E-state index in [1.807, 2.05) is 11.4 Å². The summed E-state index contributed by atoms with van der Waals surface area (Å²) in [6.07, 6.45) is -4.44. The van der Waals surface area contributed by atoms with Crippen molar-refractivity contribution in [2.75, 3.05) is 11.9 Å². The van der Waals surface area contributed by atoms with Gasteiger partial charge in [0.2, 0.25) is 0 Å². The minimum absolute atomic E-state index is 0.0216. The highest BCUT2D eigenvalue weighted by Crippen LogP contribution is 2.35. The predicted octanol–water partition coefficient (Wildman–Crippen LogP) is 5.29. The van der Waals surface area contributed by atoms with Crippen LogP contribution in [0.25, 0.3) is 0 Å². The number of hydrogen-bond donors (Lipinski definition) is 2. The number of halogens is 5. The number of rotatable bonds is 4. The second-order valence-electron chi connectivity index (χ2n) is 4.29. The predicted molar refractivity (Wildman–Crippen MR) is 83.9 cm³/mol. The Bertz CT molecular complexity index is 630. The fraction of sp³-hybridized carbons (Fsp3) is 0.231. The van der Waals surface area contributed by atoms with E-state index in [2.05, 4.69) is 21.2 Å². The van der Waals surface area contributed by atoms with Crippen molar-refractivity contribution in [3.05, 3.63) is 49.6 Å². The molecule has 1 unspecified atom stereocenters. The van der Waals surface area contributed by atoms with E-state index in [1.54, 1.807) is 0 Å². The van der Waals surface area contributed by atoms with Crippen molar-refractivity contribution >= 4 is 44.6 Å². The Hall–Kier alpha value is -0.760. The van der Waals surface area contributed by atoms with Crippen LogP contribution in [-0.2, 0) is 6.18 Å². The van der Waals surface area contributed by atoms with Crippen LogP contribution in [0, 0.1) is 0 Å².